The molecule has 0 fully saturated rings. The topological polar surface area (TPSA) is 65.1 Å². The third-order valence-electron chi connectivity index (χ3n) is 3.26. The monoisotopic (exact) mass is 403 g/mol. The number of carbonyl (C=O) groups is 2. The minimum Gasteiger partial charge on any atom is -0.466 e. The van der Waals surface area contributed by atoms with E-state index in [1.54, 1.807) is 6.07 Å². The van der Waals surface area contributed by atoms with Gasteiger partial charge in [0.2, 0.25) is 0 Å². The van der Waals surface area contributed by atoms with E-state index in [1.165, 1.54) is 19.1 Å². The first kappa shape index (κ1) is 17.8. The summed E-state index contributed by atoms with van der Waals surface area (Å²) in [5, 5.41) is 0.410. The minimum absolute atomic E-state index is 0.0469. The molecule has 0 aliphatic carbocycles. The summed E-state index contributed by atoms with van der Waals surface area (Å²) in [4.78, 5) is 25.7. The van der Waals surface area contributed by atoms with Gasteiger partial charge in [-0.2, -0.15) is 0 Å². The number of carbonyl (C=O) groups excluding carboxylic acids is 2. The zero-order valence-corrected chi connectivity index (χ0v) is 15.2. The van der Waals surface area contributed by atoms with Gasteiger partial charge in [0.15, 0.2) is 0 Å². The Bertz CT molecular complexity index is 665. The molecule has 1 aromatic carbocycles. The lowest BCUT2D eigenvalue weighted by atomic mass is 10.1. The van der Waals surface area contributed by atoms with E-state index in [0.717, 1.165) is 5.56 Å². The molecule has 0 aromatic heterocycles. The third-order valence-corrected chi connectivity index (χ3v) is 4.16. The van der Waals surface area contributed by atoms with Crippen LogP contribution in [0, 0.1) is 6.92 Å². The van der Waals surface area contributed by atoms with Crippen molar-refractivity contribution in [2.75, 3.05) is 32.5 Å². The summed E-state index contributed by atoms with van der Waals surface area (Å²) in [7, 11) is 2.47. The van der Waals surface area contributed by atoms with Crippen molar-refractivity contribution in [2.45, 2.75) is 6.92 Å². The molecule has 0 amide bonds. The van der Waals surface area contributed by atoms with E-state index in [0.29, 0.717) is 15.2 Å². The predicted molar refractivity (Wildman–Crippen MR) is 88.2 cm³/mol. The number of halogens is 2. The molecule has 124 valence electrons. The average molecular weight is 405 g/mol. The molecule has 1 aliphatic rings. The second-order valence-corrected chi connectivity index (χ2v) is 6.05. The number of rotatable bonds is 3. The average Bonchev–Trinajstić information content (AvgIpc) is 2.52. The van der Waals surface area contributed by atoms with Crippen LogP contribution in [-0.4, -0.2) is 39.5 Å². The lowest BCUT2D eigenvalue weighted by Crippen LogP contribution is -2.39. The number of aryl methyl sites for hydroxylation is 1. The molecule has 0 N–H and O–H groups in total. The standard InChI is InChI=1S/C15H15BrClNO5/c1-8-4-10(16)13(11(17)5-8)18-7-23-6-9(14(19)21-2)12(18)15(20)22-3/h4-5H,6-7H2,1-3H3. The van der Waals surface area contributed by atoms with Crippen molar-refractivity contribution < 1.29 is 23.8 Å². The van der Waals surface area contributed by atoms with Gasteiger partial charge >= 0.3 is 11.9 Å². The highest BCUT2D eigenvalue weighted by atomic mass is 79.9. The van der Waals surface area contributed by atoms with Crippen LogP contribution in [0.5, 0.6) is 0 Å². The molecular weight excluding hydrogens is 390 g/mol. The van der Waals surface area contributed by atoms with Crippen LogP contribution in [0.1, 0.15) is 5.56 Å². The lowest BCUT2D eigenvalue weighted by molar-refractivity contribution is -0.140. The van der Waals surface area contributed by atoms with Gasteiger partial charge in [-0.3, -0.25) is 0 Å². The molecule has 2 rings (SSSR count). The molecule has 1 aliphatic heterocycles. The summed E-state index contributed by atoms with van der Waals surface area (Å²) in [5.41, 5.74) is 1.59. The molecule has 0 spiro atoms. The predicted octanol–water partition coefficient (Wildman–Crippen LogP) is 2.81. The Morgan fingerprint density at radius 1 is 1.26 bits per heavy atom. The zero-order valence-electron chi connectivity index (χ0n) is 12.8. The summed E-state index contributed by atoms with van der Waals surface area (Å²) in [6.45, 7) is 1.89. The normalized spacial score (nSPS) is 14.7. The van der Waals surface area contributed by atoms with Crippen LogP contribution in [0.4, 0.5) is 5.69 Å². The van der Waals surface area contributed by atoms with E-state index >= 15 is 0 Å². The van der Waals surface area contributed by atoms with E-state index in [-0.39, 0.29) is 24.6 Å². The summed E-state index contributed by atoms with van der Waals surface area (Å²) >= 11 is 9.76. The lowest BCUT2D eigenvalue weighted by Gasteiger charge is -2.32. The van der Waals surface area contributed by atoms with Gasteiger partial charge in [-0.15, -0.1) is 0 Å². The van der Waals surface area contributed by atoms with Crippen LogP contribution in [0.3, 0.4) is 0 Å². The number of hydrogen-bond donors (Lipinski definition) is 0. The van der Waals surface area contributed by atoms with Gasteiger partial charge < -0.3 is 19.1 Å². The molecule has 6 nitrogen and oxygen atoms in total. The van der Waals surface area contributed by atoms with Crippen LogP contribution < -0.4 is 4.90 Å². The molecule has 0 bridgehead atoms. The number of methoxy groups -OCH3 is 2. The van der Waals surface area contributed by atoms with Gasteiger partial charge in [-0.05, 0) is 40.5 Å². The number of esters is 2. The maximum Gasteiger partial charge on any atom is 0.355 e. The van der Waals surface area contributed by atoms with Crippen molar-refractivity contribution in [3.05, 3.63) is 38.5 Å². The van der Waals surface area contributed by atoms with Crippen molar-refractivity contribution >= 4 is 45.2 Å². The Labute approximate surface area is 147 Å². The fraction of sp³-hybridized carbons (Fsp3) is 0.333. The van der Waals surface area contributed by atoms with Crippen LogP contribution in [0.25, 0.3) is 0 Å². The smallest absolute Gasteiger partial charge is 0.355 e. The molecule has 1 aromatic rings. The summed E-state index contributed by atoms with van der Waals surface area (Å²) < 4.78 is 15.6. The molecule has 0 saturated heterocycles. The van der Waals surface area contributed by atoms with E-state index in [9.17, 15) is 9.59 Å². The largest absolute Gasteiger partial charge is 0.466 e. The first-order valence-corrected chi connectivity index (χ1v) is 7.78. The number of anilines is 1. The fourth-order valence-electron chi connectivity index (χ4n) is 2.27. The van der Waals surface area contributed by atoms with Gasteiger partial charge in [0.25, 0.3) is 0 Å². The van der Waals surface area contributed by atoms with Crippen molar-refractivity contribution in [1.82, 2.24) is 0 Å². The highest BCUT2D eigenvalue weighted by Gasteiger charge is 2.34. The van der Waals surface area contributed by atoms with Crippen molar-refractivity contribution in [1.29, 1.82) is 0 Å². The third kappa shape index (κ3) is 3.52. The highest BCUT2D eigenvalue weighted by Crippen LogP contribution is 2.39. The minimum atomic E-state index is -0.669. The van der Waals surface area contributed by atoms with Gasteiger partial charge in [-0.25, -0.2) is 9.59 Å². The summed E-state index contributed by atoms with van der Waals surface area (Å²) in [6.07, 6.45) is 0. The van der Waals surface area contributed by atoms with Crippen LogP contribution in [-0.2, 0) is 23.8 Å². The van der Waals surface area contributed by atoms with E-state index in [1.807, 2.05) is 13.0 Å². The van der Waals surface area contributed by atoms with Crippen LogP contribution >= 0.6 is 27.5 Å². The van der Waals surface area contributed by atoms with Crippen LogP contribution in [0.2, 0.25) is 5.02 Å². The second kappa shape index (κ2) is 7.33. The zero-order chi connectivity index (χ0) is 17.1. The fourth-order valence-corrected chi connectivity index (χ4v) is 3.55. The van der Waals surface area contributed by atoms with Crippen LogP contribution in [0.15, 0.2) is 27.9 Å². The van der Waals surface area contributed by atoms with Crippen molar-refractivity contribution in [3.63, 3.8) is 0 Å². The van der Waals surface area contributed by atoms with Gasteiger partial charge in [0.1, 0.15) is 12.4 Å². The quantitative estimate of drug-likeness (QED) is 0.722. The Morgan fingerprint density at radius 3 is 2.48 bits per heavy atom. The number of ether oxygens (including phenoxy) is 3. The number of nitrogens with zero attached hydrogens (tertiary/aromatic N) is 1. The summed E-state index contributed by atoms with van der Waals surface area (Å²) in [6, 6.07) is 3.60. The summed E-state index contributed by atoms with van der Waals surface area (Å²) in [5.74, 6) is -1.33. The molecule has 0 unspecified atom stereocenters. The maximum absolute atomic E-state index is 12.2. The Hall–Kier alpha value is -1.57. The van der Waals surface area contributed by atoms with E-state index in [2.05, 4.69) is 15.9 Å². The Morgan fingerprint density at radius 2 is 1.91 bits per heavy atom. The maximum atomic E-state index is 12.2. The first-order valence-electron chi connectivity index (χ1n) is 6.61. The second-order valence-electron chi connectivity index (χ2n) is 4.79. The number of hydrogen-bond acceptors (Lipinski definition) is 6. The SMILES string of the molecule is COC(=O)C1=C(C(=O)OC)N(c2c(Cl)cc(C)cc2Br)COC1. The molecule has 1 heterocycles. The van der Waals surface area contributed by atoms with Crippen molar-refractivity contribution in [3.8, 4) is 0 Å². The Balaban J connectivity index is 2.65. The molecule has 0 saturated carbocycles. The van der Waals surface area contributed by atoms with Gasteiger partial charge in [-0.1, -0.05) is 11.6 Å². The molecule has 8 heteroatoms. The highest BCUT2D eigenvalue weighted by molar-refractivity contribution is 9.10. The number of benzene rings is 1. The first-order chi connectivity index (χ1) is 10.9. The van der Waals surface area contributed by atoms with Crippen molar-refractivity contribution in [2.24, 2.45) is 0 Å². The molecule has 0 radical (unpaired) electrons. The molecular formula is C15H15BrClNO5. The van der Waals surface area contributed by atoms with Gasteiger partial charge in [0.05, 0.1) is 37.1 Å². The molecule has 23 heavy (non-hydrogen) atoms. The van der Waals surface area contributed by atoms with Gasteiger partial charge in [0, 0.05) is 4.47 Å². The molecule has 0 atom stereocenters. The van der Waals surface area contributed by atoms with E-state index < -0.39 is 11.9 Å². The van der Waals surface area contributed by atoms with E-state index in [4.69, 9.17) is 25.8 Å². The Kier molecular flexibility index (Phi) is 5.67.